The van der Waals surface area contributed by atoms with Crippen LogP contribution in [-0.2, 0) is 22.3 Å². The zero-order valence-corrected chi connectivity index (χ0v) is 19.4. The second-order valence-electron chi connectivity index (χ2n) is 11.7. The summed E-state index contributed by atoms with van der Waals surface area (Å²) in [5.74, 6) is -1.63. The van der Waals surface area contributed by atoms with Crippen molar-refractivity contribution >= 4 is 5.97 Å². The van der Waals surface area contributed by atoms with E-state index in [4.69, 9.17) is 14.2 Å². The number of aliphatic hydroxyl groups is 2. The normalized spacial score (nSPS) is 47.6. The number of carbonyl (C=O) groups is 1. The van der Waals surface area contributed by atoms with Gasteiger partial charge in [0.25, 0.3) is 0 Å². The fraction of sp³-hybridized carbons (Fsp3) is 0.720. The highest BCUT2D eigenvalue weighted by molar-refractivity contribution is 5.96. The second kappa shape index (κ2) is 5.45. The van der Waals surface area contributed by atoms with Crippen LogP contribution in [-0.4, -0.2) is 50.0 Å². The first kappa shape index (κ1) is 20.8. The molecule has 6 aliphatic rings. The van der Waals surface area contributed by atoms with Crippen molar-refractivity contribution in [2.45, 2.75) is 102 Å². The monoisotopic (exact) mass is 444 g/mol. The molecule has 2 saturated heterocycles. The number of aromatic hydroxyl groups is 1. The zero-order valence-electron chi connectivity index (χ0n) is 19.4. The van der Waals surface area contributed by atoms with Crippen LogP contribution in [0.25, 0.3) is 0 Å². The summed E-state index contributed by atoms with van der Waals surface area (Å²) in [4.78, 5) is 12.6. The van der Waals surface area contributed by atoms with Crippen molar-refractivity contribution in [1.82, 2.24) is 0 Å². The van der Waals surface area contributed by atoms with Gasteiger partial charge in [0.15, 0.2) is 5.79 Å². The number of rotatable bonds is 0. The largest absolute Gasteiger partial charge is 0.507 e. The number of carbonyl (C=O) groups excluding carboxylic acids is 1. The molecule has 0 aromatic heterocycles. The average Bonchev–Trinajstić information content (AvgIpc) is 2.68. The second-order valence-corrected chi connectivity index (χ2v) is 11.7. The Hall–Kier alpha value is -1.83. The summed E-state index contributed by atoms with van der Waals surface area (Å²) in [7, 11) is 0. The molecule has 7 rings (SSSR count). The summed E-state index contributed by atoms with van der Waals surface area (Å²) in [6.07, 6.45) is 2.61. The molecular weight excluding hydrogens is 412 g/mol. The van der Waals surface area contributed by atoms with Crippen LogP contribution in [0.3, 0.4) is 0 Å². The van der Waals surface area contributed by atoms with Crippen molar-refractivity contribution in [2.24, 2.45) is 10.8 Å². The first-order chi connectivity index (χ1) is 14.7. The number of hydrogen-bond acceptors (Lipinski definition) is 7. The highest BCUT2D eigenvalue weighted by Gasteiger charge is 2.85. The molecule has 1 aromatic rings. The maximum absolute atomic E-state index is 12.6. The van der Waals surface area contributed by atoms with Gasteiger partial charge in [-0.05, 0) is 38.7 Å². The Morgan fingerprint density at radius 3 is 2.47 bits per heavy atom. The zero-order chi connectivity index (χ0) is 23.1. The summed E-state index contributed by atoms with van der Waals surface area (Å²) in [5, 5.41) is 34.6. The van der Waals surface area contributed by atoms with Crippen LogP contribution in [0.5, 0.6) is 11.5 Å². The molecule has 0 unspecified atom stereocenters. The van der Waals surface area contributed by atoms with Gasteiger partial charge in [-0.3, -0.25) is 0 Å². The lowest BCUT2D eigenvalue weighted by atomic mass is 9.36. The van der Waals surface area contributed by atoms with E-state index in [-0.39, 0.29) is 17.4 Å². The number of fused-ring (bicyclic) bond motifs is 4. The van der Waals surface area contributed by atoms with E-state index in [0.29, 0.717) is 49.8 Å². The number of phenolic OH excluding ortho intramolecular Hbond substituents is 1. The minimum Gasteiger partial charge on any atom is -0.507 e. The van der Waals surface area contributed by atoms with Crippen LogP contribution in [0.15, 0.2) is 6.07 Å². The van der Waals surface area contributed by atoms with Crippen LogP contribution in [0.2, 0.25) is 0 Å². The van der Waals surface area contributed by atoms with Gasteiger partial charge in [0, 0.05) is 41.7 Å². The molecule has 7 heteroatoms. The molecule has 1 spiro atoms. The van der Waals surface area contributed by atoms with Gasteiger partial charge in [-0.15, -0.1) is 0 Å². The number of benzene rings is 1. The summed E-state index contributed by atoms with van der Waals surface area (Å²) in [5.41, 5.74) is -2.77. The minimum atomic E-state index is -1.49. The summed E-state index contributed by atoms with van der Waals surface area (Å²) >= 11 is 0. The maximum atomic E-state index is 12.6. The molecule has 3 N–H and O–H groups in total. The third-order valence-electron chi connectivity index (χ3n) is 10.2. The van der Waals surface area contributed by atoms with E-state index in [1.54, 1.807) is 0 Å². The molecule has 4 fully saturated rings. The van der Waals surface area contributed by atoms with Gasteiger partial charge in [0.1, 0.15) is 34.4 Å². The molecule has 4 heterocycles. The molecular formula is C25H32O7. The van der Waals surface area contributed by atoms with Gasteiger partial charge in [-0.25, -0.2) is 4.79 Å². The smallest absolute Gasteiger partial charge is 0.342 e. The van der Waals surface area contributed by atoms with Gasteiger partial charge in [-0.2, -0.15) is 0 Å². The lowest BCUT2D eigenvalue weighted by Gasteiger charge is -2.79. The molecule has 2 saturated carbocycles. The van der Waals surface area contributed by atoms with E-state index in [9.17, 15) is 20.1 Å². The molecule has 174 valence electrons. The van der Waals surface area contributed by atoms with Gasteiger partial charge in [0.05, 0.1) is 5.60 Å². The summed E-state index contributed by atoms with van der Waals surface area (Å²) < 4.78 is 18.7. The van der Waals surface area contributed by atoms with Crippen molar-refractivity contribution in [3.8, 4) is 11.5 Å². The first-order valence-electron chi connectivity index (χ1n) is 11.7. The predicted octanol–water partition coefficient (Wildman–Crippen LogP) is 3.00. The molecule has 4 aliphatic heterocycles. The van der Waals surface area contributed by atoms with Gasteiger partial charge in [-0.1, -0.05) is 20.8 Å². The third-order valence-corrected chi connectivity index (χ3v) is 10.2. The van der Waals surface area contributed by atoms with Crippen LogP contribution in [0.1, 0.15) is 81.8 Å². The Morgan fingerprint density at radius 1 is 1.03 bits per heavy atom. The van der Waals surface area contributed by atoms with Gasteiger partial charge < -0.3 is 29.5 Å². The van der Waals surface area contributed by atoms with E-state index in [0.717, 1.165) is 5.56 Å². The predicted molar refractivity (Wildman–Crippen MR) is 113 cm³/mol. The average molecular weight is 445 g/mol. The van der Waals surface area contributed by atoms with Crippen molar-refractivity contribution in [2.75, 3.05) is 0 Å². The quantitative estimate of drug-likeness (QED) is 0.528. The highest BCUT2D eigenvalue weighted by Crippen LogP contribution is 2.76. The van der Waals surface area contributed by atoms with Crippen molar-refractivity contribution in [1.29, 1.82) is 0 Å². The minimum absolute atomic E-state index is 0.139. The fourth-order valence-electron chi connectivity index (χ4n) is 8.06. The summed E-state index contributed by atoms with van der Waals surface area (Å²) in [6.45, 7) is 9.69. The Morgan fingerprint density at radius 2 is 1.75 bits per heavy atom. The van der Waals surface area contributed by atoms with E-state index in [2.05, 4.69) is 6.92 Å². The maximum Gasteiger partial charge on any atom is 0.342 e. The molecule has 0 amide bonds. The fourth-order valence-corrected chi connectivity index (χ4v) is 8.06. The Bertz CT molecular complexity index is 1080. The summed E-state index contributed by atoms with van der Waals surface area (Å²) in [6, 6.07) is 1.51. The molecule has 32 heavy (non-hydrogen) atoms. The molecule has 2 aliphatic carbocycles. The first-order valence-corrected chi connectivity index (χ1v) is 11.7. The topological polar surface area (TPSA) is 105 Å². The molecule has 0 radical (unpaired) electrons. The van der Waals surface area contributed by atoms with Crippen molar-refractivity contribution < 1.29 is 34.3 Å². The Balaban J connectivity index is 1.61. The Kier molecular flexibility index (Phi) is 3.53. The SMILES string of the molecule is C[C@@H]1Cc2c3c(cc(O)c2C(=O)O1)O[C@]1(C)CC[C@]2(O)C(C)(C)[C@@]4(O)CC[C@]2(C)[C@]1(C3)O4. The van der Waals surface area contributed by atoms with Crippen LogP contribution in [0.4, 0.5) is 0 Å². The number of esters is 1. The van der Waals surface area contributed by atoms with E-state index in [1.165, 1.54) is 6.07 Å². The number of hydrogen-bond donors (Lipinski definition) is 3. The van der Waals surface area contributed by atoms with Crippen molar-refractivity contribution in [3.05, 3.63) is 22.8 Å². The van der Waals surface area contributed by atoms with Gasteiger partial charge >= 0.3 is 5.97 Å². The molecule has 6 atom stereocenters. The standard InChI is InChI=1S/C25H32O7/c1-13-10-14-15-12-24-21(4)6-9-25(29,32-24)20(2,3)23(21,28)8-7-22(24,5)31-17(15)11-16(26)18(14)19(27)30-13/h11,13,26,28-29H,6-10,12H2,1-5H3/t13-,21+,22-,23+,24+,25-/m1/s1. The van der Waals surface area contributed by atoms with Crippen molar-refractivity contribution in [3.63, 3.8) is 0 Å². The van der Waals surface area contributed by atoms with Crippen LogP contribution in [0, 0.1) is 10.8 Å². The number of ether oxygens (including phenoxy) is 3. The lowest BCUT2D eigenvalue weighted by Crippen LogP contribution is -2.89. The molecule has 7 nitrogen and oxygen atoms in total. The highest BCUT2D eigenvalue weighted by atomic mass is 16.7. The molecule has 1 aromatic carbocycles. The van der Waals surface area contributed by atoms with E-state index >= 15 is 0 Å². The van der Waals surface area contributed by atoms with Gasteiger partial charge in [0.2, 0.25) is 0 Å². The third kappa shape index (κ3) is 1.88. The van der Waals surface area contributed by atoms with E-state index in [1.807, 2.05) is 27.7 Å². The number of phenols is 1. The van der Waals surface area contributed by atoms with Crippen LogP contribution >= 0.6 is 0 Å². The Labute approximate surface area is 187 Å². The lowest BCUT2D eigenvalue weighted by molar-refractivity contribution is -0.498. The van der Waals surface area contributed by atoms with E-state index < -0.39 is 39.4 Å². The number of cyclic esters (lactones) is 1. The van der Waals surface area contributed by atoms with Crippen LogP contribution < -0.4 is 4.74 Å². The molecule has 4 bridgehead atoms.